The van der Waals surface area contributed by atoms with Gasteiger partial charge in [0, 0.05) is 0 Å². The smallest absolute Gasteiger partial charge is 0.324 e. The van der Waals surface area contributed by atoms with E-state index in [0.717, 1.165) is 77.0 Å². The molecule has 0 saturated carbocycles. The van der Waals surface area contributed by atoms with E-state index in [1.807, 2.05) is 12.2 Å². The number of allylic oxidation sites excluding steroid dienone is 2. The second-order valence-corrected chi connectivity index (χ2v) is 8.33. The minimum atomic E-state index is -0.936. The highest BCUT2D eigenvalue weighted by atomic mass is 16.6. The van der Waals surface area contributed by atoms with Crippen LogP contribution in [-0.4, -0.2) is 23.5 Å². The molecule has 0 saturated heterocycles. The van der Waals surface area contributed by atoms with E-state index >= 15 is 0 Å². The number of Topliss-reactive ketones (excluding diaryl/α,β-unsaturated/α-hetero) is 2. The Bertz CT molecular complexity index is 528. The van der Waals surface area contributed by atoms with Crippen molar-refractivity contribution in [2.24, 2.45) is 11.8 Å². The number of ketones is 2. The van der Waals surface area contributed by atoms with Crippen LogP contribution in [0, 0.1) is 11.8 Å². The maximum Gasteiger partial charge on any atom is 0.324 e. The number of esters is 2. The van der Waals surface area contributed by atoms with E-state index in [4.69, 9.17) is 4.74 Å². The number of hydrogen-bond donors (Lipinski definition) is 0. The minimum absolute atomic E-state index is 0.302. The number of unbranched alkanes of at least 4 members (excludes halogenated alkanes) is 10. The summed E-state index contributed by atoms with van der Waals surface area (Å²) >= 11 is 0. The summed E-state index contributed by atoms with van der Waals surface area (Å²) in [7, 11) is 0. The molecule has 5 nitrogen and oxygen atoms in total. The Morgan fingerprint density at radius 3 is 1.26 bits per heavy atom. The predicted octanol–water partition coefficient (Wildman–Crippen LogP) is 6.30. The molecule has 0 radical (unpaired) electrons. The van der Waals surface area contributed by atoms with E-state index in [2.05, 4.69) is 13.2 Å². The summed E-state index contributed by atoms with van der Waals surface area (Å²) in [5.74, 6) is -4.12. The van der Waals surface area contributed by atoms with Crippen LogP contribution in [0.4, 0.5) is 0 Å². The van der Waals surface area contributed by atoms with Crippen LogP contribution in [-0.2, 0) is 23.9 Å². The maximum absolute atomic E-state index is 12.4. The first-order chi connectivity index (χ1) is 14.8. The van der Waals surface area contributed by atoms with Gasteiger partial charge in [0.25, 0.3) is 0 Å². The van der Waals surface area contributed by atoms with Gasteiger partial charge < -0.3 is 4.74 Å². The van der Waals surface area contributed by atoms with Gasteiger partial charge in [0.05, 0.1) is 0 Å². The molecular weight excluding hydrogens is 392 g/mol. The summed E-state index contributed by atoms with van der Waals surface area (Å²) in [6.07, 6.45) is 16.3. The average molecular weight is 435 g/mol. The lowest BCUT2D eigenvalue weighted by molar-refractivity contribution is -0.167. The fraction of sp³-hybridized carbons (Fsp3) is 0.692. The molecule has 0 spiro atoms. The second-order valence-electron chi connectivity index (χ2n) is 8.33. The van der Waals surface area contributed by atoms with Crippen molar-refractivity contribution < 1.29 is 23.9 Å². The normalized spacial score (nSPS) is 12.6. The third kappa shape index (κ3) is 14.6. The predicted molar refractivity (Wildman–Crippen MR) is 124 cm³/mol. The largest absolute Gasteiger partial charge is 0.392 e. The number of ether oxygens (including phenoxy) is 1. The fourth-order valence-corrected chi connectivity index (χ4v) is 3.55. The molecule has 0 rings (SSSR count). The summed E-state index contributed by atoms with van der Waals surface area (Å²) in [6, 6.07) is 0. The van der Waals surface area contributed by atoms with Crippen LogP contribution >= 0.6 is 0 Å². The minimum Gasteiger partial charge on any atom is -0.392 e. The molecule has 0 aromatic rings. The highest BCUT2D eigenvalue weighted by Crippen LogP contribution is 2.19. The molecule has 0 heterocycles. The van der Waals surface area contributed by atoms with E-state index in [-0.39, 0.29) is 11.6 Å². The summed E-state index contributed by atoms with van der Waals surface area (Å²) < 4.78 is 4.98. The van der Waals surface area contributed by atoms with Crippen LogP contribution in [0.25, 0.3) is 0 Å². The lowest BCUT2D eigenvalue weighted by Crippen LogP contribution is -2.32. The third-order valence-corrected chi connectivity index (χ3v) is 5.55. The van der Waals surface area contributed by atoms with Crippen LogP contribution in [0.2, 0.25) is 0 Å². The molecule has 31 heavy (non-hydrogen) atoms. The van der Waals surface area contributed by atoms with Gasteiger partial charge in [-0.25, -0.2) is 0 Å². The molecule has 2 unspecified atom stereocenters. The van der Waals surface area contributed by atoms with Gasteiger partial charge in [-0.1, -0.05) is 63.5 Å². The van der Waals surface area contributed by atoms with Gasteiger partial charge in [0.2, 0.25) is 0 Å². The zero-order valence-electron chi connectivity index (χ0n) is 19.7. The fourth-order valence-electron chi connectivity index (χ4n) is 3.55. The molecule has 176 valence electrons. The summed E-state index contributed by atoms with van der Waals surface area (Å²) in [5.41, 5.74) is 0. The molecule has 2 atom stereocenters. The first-order valence-electron chi connectivity index (χ1n) is 11.8. The van der Waals surface area contributed by atoms with Gasteiger partial charge in [-0.3, -0.25) is 19.2 Å². The summed E-state index contributed by atoms with van der Waals surface area (Å²) in [6.45, 7) is 10.1. The van der Waals surface area contributed by atoms with Crippen LogP contribution < -0.4 is 0 Å². The van der Waals surface area contributed by atoms with Crippen molar-refractivity contribution in [1.82, 2.24) is 0 Å². The van der Waals surface area contributed by atoms with Crippen LogP contribution in [0.1, 0.15) is 104 Å². The molecule has 0 aliphatic carbocycles. The average Bonchev–Trinajstić information content (AvgIpc) is 2.71. The number of carbonyl (C=O) groups excluding carboxylic acids is 4. The van der Waals surface area contributed by atoms with Crippen molar-refractivity contribution in [1.29, 1.82) is 0 Å². The lowest BCUT2D eigenvalue weighted by Gasteiger charge is -2.16. The SMILES string of the molecule is C=CCCCCCCCC(C(C)=O)C(=O)OC(=O)C(CCCCCCCC=C)C(C)=O. The number of rotatable bonds is 20. The lowest BCUT2D eigenvalue weighted by atomic mass is 9.95. The second kappa shape index (κ2) is 18.7. The van der Waals surface area contributed by atoms with Gasteiger partial charge in [-0.15, -0.1) is 13.2 Å². The van der Waals surface area contributed by atoms with Gasteiger partial charge in [-0.05, 0) is 52.4 Å². The molecule has 0 fully saturated rings. The van der Waals surface area contributed by atoms with Gasteiger partial charge in [0.1, 0.15) is 23.4 Å². The van der Waals surface area contributed by atoms with Crippen LogP contribution in [0.15, 0.2) is 25.3 Å². The van der Waals surface area contributed by atoms with E-state index < -0.39 is 23.8 Å². The van der Waals surface area contributed by atoms with Gasteiger partial charge in [-0.2, -0.15) is 0 Å². The Balaban J connectivity index is 4.44. The van der Waals surface area contributed by atoms with E-state index in [1.165, 1.54) is 13.8 Å². The monoisotopic (exact) mass is 434 g/mol. The molecule has 5 heteroatoms. The highest BCUT2D eigenvalue weighted by molar-refractivity contribution is 6.05. The molecule has 0 aliphatic rings. The van der Waals surface area contributed by atoms with E-state index in [0.29, 0.717) is 12.8 Å². The first kappa shape index (κ1) is 29.0. The van der Waals surface area contributed by atoms with Crippen molar-refractivity contribution in [2.45, 2.75) is 104 Å². The molecule has 0 aromatic carbocycles. The Hall–Kier alpha value is -2.04. The summed E-state index contributed by atoms with van der Waals surface area (Å²) in [4.78, 5) is 48.6. The molecule has 0 aromatic heterocycles. The Morgan fingerprint density at radius 2 is 0.935 bits per heavy atom. The quantitative estimate of drug-likeness (QED) is 0.0972. The third-order valence-electron chi connectivity index (χ3n) is 5.55. The number of carbonyl (C=O) groups is 4. The van der Waals surface area contributed by atoms with Crippen molar-refractivity contribution in [3.63, 3.8) is 0 Å². The maximum atomic E-state index is 12.4. The van der Waals surface area contributed by atoms with Crippen molar-refractivity contribution >= 4 is 23.5 Å². The van der Waals surface area contributed by atoms with Crippen molar-refractivity contribution in [3.8, 4) is 0 Å². The Morgan fingerprint density at radius 1 is 0.613 bits per heavy atom. The number of hydrogen-bond acceptors (Lipinski definition) is 5. The molecule has 0 bridgehead atoms. The zero-order valence-corrected chi connectivity index (χ0v) is 19.7. The van der Waals surface area contributed by atoms with Crippen molar-refractivity contribution in [3.05, 3.63) is 25.3 Å². The van der Waals surface area contributed by atoms with Crippen molar-refractivity contribution in [2.75, 3.05) is 0 Å². The molecule has 0 amide bonds. The molecule has 0 aliphatic heterocycles. The Labute approximate surface area is 188 Å². The van der Waals surface area contributed by atoms with E-state index in [9.17, 15) is 19.2 Å². The standard InChI is InChI=1S/C26H42O5/c1-5-7-9-11-13-15-17-19-23(21(3)27)25(29)31-26(30)24(22(4)28)20-18-16-14-12-10-8-6-2/h5-6,23-24H,1-2,7-20H2,3-4H3. The highest BCUT2D eigenvalue weighted by Gasteiger charge is 2.31. The van der Waals surface area contributed by atoms with Crippen LogP contribution in [0.3, 0.4) is 0 Å². The van der Waals surface area contributed by atoms with Gasteiger partial charge >= 0.3 is 11.9 Å². The first-order valence-corrected chi connectivity index (χ1v) is 11.8. The molecular formula is C26H42O5. The van der Waals surface area contributed by atoms with E-state index in [1.54, 1.807) is 0 Å². The Kier molecular flexibility index (Phi) is 17.5. The molecule has 0 N–H and O–H groups in total. The van der Waals surface area contributed by atoms with Crippen LogP contribution in [0.5, 0.6) is 0 Å². The zero-order chi connectivity index (χ0) is 23.5. The topological polar surface area (TPSA) is 77.5 Å². The summed E-state index contributed by atoms with van der Waals surface area (Å²) in [5, 5.41) is 0. The van der Waals surface area contributed by atoms with Gasteiger partial charge in [0.15, 0.2) is 0 Å².